The number of amides is 1. The highest BCUT2D eigenvalue weighted by atomic mass is 79.9. The molecule has 1 aromatic carbocycles. The summed E-state index contributed by atoms with van der Waals surface area (Å²) in [4.78, 5) is 12.4. The van der Waals surface area contributed by atoms with Gasteiger partial charge in [-0.15, -0.1) is 0 Å². The molecule has 2 aromatic rings. The zero-order valence-electron chi connectivity index (χ0n) is 19.5. The second-order valence-corrected chi connectivity index (χ2v) is 16.0. The number of ether oxygens (including phenoxy) is 1. The van der Waals surface area contributed by atoms with Gasteiger partial charge in [-0.05, 0) is 67.0 Å². The predicted molar refractivity (Wildman–Crippen MR) is 126 cm³/mol. The zero-order chi connectivity index (χ0) is 23.8. The maximum atomic E-state index is 14.2. The third kappa shape index (κ3) is 6.52. The lowest BCUT2D eigenvalue weighted by atomic mass is 10.2. The van der Waals surface area contributed by atoms with Gasteiger partial charge in [0.05, 0.1) is 18.2 Å². The van der Waals surface area contributed by atoms with Gasteiger partial charge in [0.1, 0.15) is 5.60 Å². The molecule has 1 atom stereocenters. The van der Waals surface area contributed by atoms with Crippen molar-refractivity contribution in [1.29, 1.82) is 0 Å². The van der Waals surface area contributed by atoms with Gasteiger partial charge >= 0.3 is 6.09 Å². The smallest absolute Gasteiger partial charge is 0.408 e. The normalized spacial score (nSPS) is 14.0. The highest BCUT2D eigenvalue weighted by molar-refractivity contribution is 9.10. The molecule has 0 fully saturated rings. The van der Waals surface area contributed by atoms with Crippen molar-refractivity contribution in [1.82, 2.24) is 9.88 Å². The fraction of sp³-hybridized carbons (Fsp3) is 0.591. The van der Waals surface area contributed by atoms with Crippen molar-refractivity contribution in [3.63, 3.8) is 0 Å². The lowest BCUT2D eigenvalue weighted by Gasteiger charge is -2.37. The Morgan fingerprint density at radius 1 is 1.23 bits per heavy atom. The van der Waals surface area contributed by atoms with Crippen LogP contribution >= 0.6 is 15.9 Å². The number of carbonyl (C=O) groups is 1. The van der Waals surface area contributed by atoms with Gasteiger partial charge in [0, 0.05) is 22.6 Å². The van der Waals surface area contributed by atoms with E-state index in [4.69, 9.17) is 9.16 Å². The summed E-state index contributed by atoms with van der Waals surface area (Å²) in [6.07, 6.45) is 1.12. The molecule has 0 saturated carbocycles. The number of hydrogen-bond donors (Lipinski definition) is 1. The van der Waals surface area contributed by atoms with Crippen LogP contribution in [0.3, 0.4) is 0 Å². The second kappa shape index (κ2) is 9.19. The molecular weight excluding hydrogens is 486 g/mol. The Bertz CT molecular complexity index is 949. The Morgan fingerprint density at radius 3 is 2.39 bits per heavy atom. The van der Waals surface area contributed by atoms with Crippen LogP contribution in [0.15, 0.2) is 22.8 Å². The molecule has 2 rings (SSSR count). The van der Waals surface area contributed by atoms with Gasteiger partial charge in [0.2, 0.25) is 0 Å². The molecule has 1 aromatic heterocycles. The molecule has 0 saturated heterocycles. The first-order valence-electron chi connectivity index (χ1n) is 10.3. The average molecular weight is 520 g/mol. The fourth-order valence-electron chi connectivity index (χ4n) is 2.82. The number of benzene rings is 1. The number of nitrogens with one attached hydrogen (secondary N) is 1. The second-order valence-electron chi connectivity index (χ2n) is 10.3. The topological polar surface area (TPSA) is 52.5 Å². The molecule has 0 bridgehead atoms. The highest BCUT2D eigenvalue weighted by Crippen LogP contribution is 2.36. The molecule has 5 nitrogen and oxygen atoms in total. The first-order chi connectivity index (χ1) is 14.0. The molecule has 0 aliphatic carbocycles. The van der Waals surface area contributed by atoms with Gasteiger partial charge in [-0.3, -0.25) is 0 Å². The van der Waals surface area contributed by atoms with Crippen LogP contribution in [0.5, 0.6) is 0 Å². The van der Waals surface area contributed by atoms with E-state index in [0.29, 0.717) is 16.5 Å². The molecule has 0 unspecified atom stereocenters. The van der Waals surface area contributed by atoms with E-state index in [1.807, 2.05) is 0 Å². The Hall–Kier alpha value is -1.45. The number of aromatic nitrogens is 1. The molecular formula is C22H33BrF2N2O3Si. The van der Waals surface area contributed by atoms with Crippen molar-refractivity contribution in [2.75, 3.05) is 6.61 Å². The third-order valence-corrected chi connectivity index (χ3v) is 10.6. The van der Waals surface area contributed by atoms with Crippen molar-refractivity contribution in [2.45, 2.75) is 77.9 Å². The quantitative estimate of drug-likeness (QED) is 0.346. The summed E-state index contributed by atoms with van der Waals surface area (Å²) >= 11 is 3.33. The molecule has 0 spiro atoms. The van der Waals surface area contributed by atoms with Gasteiger partial charge in [-0.1, -0.05) is 20.8 Å². The van der Waals surface area contributed by atoms with Gasteiger partial charge in [0.15, 0.2) is 20.0 Å². The largest absolute Gasteiger partial charge is 0.444 e. The molecule has 0 aliphatic rings. The number of alkyl carbamates (subject to hydrolysis) is 1. The number of nitrogens with zero attached hydrogens (tertiary/aromatic N) is 1. The summed E-state index contributed by atoms with van der Waals surface area (Å²) in [7, 11) is -2.07. The molecule has 1 heterocycles. The van der Waals surface area contributed by atoms with E-state index in [0.717, 1.165) is 6.07 Å². The molecule has 1 N–H and O–H groups in total. The number of halogens is 3. The number of carbonyl (C=O) groups excluding carboxylic acids is 1. The third-order valence-electron chi connectivity index (χ3n) is 5.48. The lowest BCUT2D eigenvalue weighted by molar-refractivity contribution is 0.0478. The van der Waals surface area contributed by atoms with Gasteiger partial charge in [0.25, 0.3) is 0 Å². The van der Waals surface area contributed by atoms with Crippen LogP contribution in [0, 0.1) is 11.6 Å². The molecule has 0 radical (unpaired) electrons. The Labute approximate surface area is 192 Å². The Balaban J connectivity index is 2.31. The van der Waals surface area contributed by atoms with E-state index in [2.05, 4.69) is 55.1 Å². The Morgan fingerprint density at radius 2 is 1.84 bits per heavy atom. The van der Waals surface area contributed by atoms with Crippen molar-refractivity contribution in [3.8, 4) is 0 Å². The minimum atomic E-state index is -2.07. The van der Waals surface area contributed by atoms with Gasteiger partial charge in [-0.2, -0.15) is 0 Å². The molecule has 1 amide bonds. The van der Waals surface area contributed by atoms with E-state index in [1.54, 1.807) is 31.5 Å². The highest BCUT2D eigenvalue weighted by Gasteiger charge is 2.38. The summed E-state index contributed by atoms with van der Waals surface area (Å²) in [5.74, 6) is -1.81. The van der Waals surface area contributed by atoms with Crippen molar-refractivity contribution in [2.24, 2.45) is 0 Å². The van der Waals surface area contributed by atoms with Crippen LogP contribution in [0.25, 0.3) is 10.9 Å². The number of hydrogen-bond acceptors (Lipinski definition) is 3. The maximum absolute atomic E-state index is 14.2. The molecule has 174 valence electrons. The number of fused-ring (bicyclic) bond motifs is 1. The average Bonchev–Trinajstić information content (AvgIpc) is 2.99. The van der Waals surface area contributed by atoms with E-state index < -0.39 is 37.7 Å². The summed E-state index contributed by atoms with van der Waals surface area (Å²) in [6, 6.07) is 2.20. The molecule has 0 aliphatic heterocycles. The van der Waals surface area contributed by atoms with Crippen LogP contribution in [-0.4, -0.2) is 37.2 Å². The van der Waals surface area contributed by atoms with Gasteiger partial charge in [-0.25, -0.2) is 13.6 Å². The maximum Gasteiger partial charge on any atom is 0.408 e. The van der Waals surface area contributed by atoms with Crippen LogP contribution in [0.2, 0.25) is 18.1 Å². The minimum absolute atomic E-state index is 0.00724. The van der Waals surface area contributed by atoms with E-state index in [9.17, 15) is 13.6 Å². The minimum Gasteiger partial charge on any atom is -0.444 e. The van der Waals surface area contributed by atoms with E-state index >= 15 is 0 Å². The predicted octanol–water partition coefficient (Wildman–Crippen LogP) is 6.60. The SMILES string of the molecule is CC(C)(C)OC(=O)N[C@@H](CO[Si](C)(C)C(C)(C)C)Cn1ccc2c(F)c(F)cc(Br)c21. The Kier molecular flexibility index (Phi) is 7.65. The molecule has 9 heteroatoms. The van der Waals surface area contributed by atoms with Crippen molar-refractivity contribution < 1.29 is 22.7 Å². The van der Waals surface area contributed by atoms with Crippen LogP contribution in [0.4, 0.5) is 13.6 Å². The molecule has 31 heavy (non-hydrogen) atoms. The van der Waals surface area contributed by atoms with Crippen LogP contribution < -0.4 is 5.32 Å². The van der Waals surface area contributed by atoms with Crippen LogP contribution in [-0.2, 0) is 15.7 Å². The van der Waals surface area contributed by atoms with Crippen molar-refractivity contribution >= 4 is 41.2 Å². The summed E-state index contributed by atoms with van der Waals surface area (Å²) in [6.45, 7) is 16.7. The van der Waals surface area contributed by atoms with Gasteiger partial charge < -0.3 is 19.0 Å². The number of rotatable bonds is 6. The summed E-state index contributed by atoms with van der Waals surface area (Å²) in [5, 5.41) is 3.06. The first-order valence-corrected chi connectivity index (χ1v) is 14.0. The standard InChI is InChI=1S/C22H33BrF2N2O3Si/c1-21(2,3)30-20(28)26-14(13-29-31(7,8)22(4,5)6)12-27-10-9-15-18(25)17(24)11-16(23)19(15)27/h9-11,14H,12-13H2,1-8H3,(H,26,28)/t14-/m1/s1. The van der Waals surface area contributed by atoms with E-state index in [-0.39, 0.29) is 17.0 Å². The monoisotopic (exact) mass is 518 g/mol. The summed E-state index contributed by atoms with van der Waals surface area (Å²) in [5.41, 5.74) is -0.124. The zero-order valence-corrected chi connectivity index (χ0v) is 22.1. The van der Waals surface area contributed by atoms with Crippen LogP contribution in [0.1, 0.15) is 41.5 Å². The lowest BCUT2D eigenvalue weighted by Crippen LogP contribution is -2.48. The van der Waals surface area contributed by atoms with E-state index in [1.165, 1.54) is 6.07 Å². The first kappa shape index (κ1) is 25.8. The summed E-state index contributed by atoms with van der Waals surface area (Å²) < 4.78 is 42.0. The van der Waals surface area contributed by atoms with Crippen molar-refractivity contribution in [3.05, 3.63) is 34.4 Å². The fourth-order valence-corrected chi connectivity index (χ4v) is 4.51.